The van der Waals surface area contributed by atoms with E-state index in [-0.39, 0.29) is 41.6 Å². The minimum Gasteiger partial charge on any atom is -0.493 e. The van der Waals surface area contributed by atoms with Gasteiger partial charge >= 0.3 is 5.97 Å². The molecule has 1 heterocycles. The Labute approximate surface area is 153 Å². The Bertz CT molecular complexity index is 708. The Balaban J connectivity index is 1.67. The van der Waals surface area contributed by atoms with Crippen LogP contribution in [0.25, 0.3) is 0 Å². The van der Waals surface area contributed by atoms with Crippen molar-refractivity contribution in [1.29, 1.82) is 0 Å². The highest BCUT2D eigenvalue weighted by atomic mass is 16.6. The number of benzene rings is 1. The maximum absolute atomic E-state index is 12.8. The number of esters is 1. The summed E-state index contributed by atoms with van der Waals surface area (Å²) >= 11 is 0. The summed E-state index contributed by atoms with van der Waals surface area (Å²) in [6.45, 7) is 3.61. The minimum absolute atomic E-state index is 0.0826. The zero-order chi connectivity index (χ0) is 18.7. The summed E-state index contributed by atoms with van der Waals surface area (Å²) in [4.78, 5) is 24.6. The summed E-state index contributed by atoms with van der Waals surface area (Å²) < 4.78 is 22.2. The molecule has 140 valence electrons. The standard InChI is InChI=1S/C20H24O6/c1-12(2)20(22)25-13-8-9-14-17(10-13)24-11-18(19(14)21)26-16-7-5-4-6-15(16)23-3/h4-7,11-14,17H,8-10H2,1-3H3. The zero-order valence-corrected chi connectivity index (χ0v) is 15.3. The van der Waals surface area contributed by atoms with E-state index in [1.54, 1.807) is 33.1 Å². The first kappa shape index (κ1) is 18.3. The van der Waals surface area contributed by atoms with Crippen LogP contribution in [0.1, 0.15) is 33.1 Å². The Morgan fingerprint density at radius 1 is 1.19 bits per heavy atom. The van der Waals surface area contributed by atoms with Crippen molar-refractivity contribution >= 4 is 11.8 Å². The van der Waals surface area contributed by atoms with Gasteiger partial charge in [-0.05, 0) is 25.0 Å². The fourth-order valence-electron chi connectivity index (χ4n) is 3.24. The van der Waals surface area contributed by atoms with Crippen molar-refractivity contribution in [2.24, 2.45) is 11.8 Å². The molecule has 6 nitrogen and oxygen atoms in total. The molecule has 0 bridgehead atoms. The van der Waals surface area contributed by atoms with Gasteiger partial charge in [-0.1, -0.05) is 26.0 Å². The van der Waals surface area contributed by atoms with Gasteiger partial charge in [-0.15, -0.1) is 0 Å². The molecule has 2 aliphatic rings. The number of carbonyl (C=O) groups is 2. The lowest BCUT2D eigenvalue weighted by molar-refractivity contribution is -0.158. The summed E-state index contributed by atoms with van der Waals surface area (Å²) in [5, 5.41) is 0. The molecule has 1 aliphatic carbocycles. The molecule has 1 saturated carbocycles. The lowest BCUT2D eigenvalue weighted by Crippen LogP contribution is -2.43. The van der Waals surface area contributed by atoms with E-state index in [0.717, 1.165) is 0 Å². The number of hydrogen-bond donors (Lipinski definition) is 0. The highest BCUT2D eigenvalue weighted by Crippen LogP contribution is 2.36. The average molecular weight is 360 g/mol. The maximum Gasteiger partial charge on any atom is 0.308 e. The molecule has 0 radical (unpaired) electrons. The zero-order valence-electron chi connectivity index (χ0n) is 15.3. The van der Waals surface area contributed by atoms with Gasteiger partial charge in [0, 0.05) is 6.42 Å². The minimum atomic E-state index is -0.286. The number of hydrogen-bond acceptors (Lipinski definition) is 6. The molecule has 26 heavy (non-hydrogen) atoms. The smallest absolute Gasteiger partial charge is 0.308 e. The topological polar surface area (TPSA) is 71.1 Å². The van der Waals surface area contributed by atoms with Crippen LogP contribution in [-0.2, 0) is 19.1 Å². The first-order chi connectivity index (χ1) is 12.5. The fourth-order valence-corrected chi connectivity index (χ4v) is 3.24. The quantitative estimate of drug-likeness (QED) is 0.751. The normalized spacial score (nSPS) is 25.0. The molecule has 6 heteroatoms. The number of carbonyl (C=O) groups excluding carboxylic acids is 2. The third-order valence-corrected chi connectivity index (χ3v) is 4.72. The largest absolute Gasteiger partial charge is 0.493 e. The Morgan fingerprint density at radius 3 is 2.62 bits per heavy atom. The van der Waals surface area contributed by atoms with E-state index in [9.17, 15) is 9.59 Å². The highest BCUT2D eigenvalue weighted by molar-refractivity contribution is 5.96. The first-order valence-corrected chi connectivity index (χ1v) is 8.90. The number of Topliss-reactive ketones (excluding diaryl/α,β-unsaturated/α-hetero) is 1. The Hall–Kier alpha value is -2.50. The molecule has 0 saturated heterocycles. The predicted octanol–water partition coefficient (Wildman–Crippen LogP) is 3.25. The molecule has 1 aliphatic heterocycles. The molecule has 1 aromatic carbocycles. The van der Waals surface area contributed by atoms with Gasteiger partial charge in [-0.2, -0.15) is 0 Å². The molecule has 3 atom stereocenters. The van der Waals surface area contributed by atoms with Gasteiger partial charge in [0.05, 0.1) is 18.9 Å². The number of para-hydroxylation sites is 2. The van der Waals surface area contributed by atoms with Crippen LogP contribution < -0.4 is 9.47 Å². The number of allylic oxidation sites excluding steroid dienone is 1. The molecular formula is C20H24O6. The fraction of sp³-hybridized carbons (Fsp3) is 0.500. The number of rotatable bonds is 5. The van der Waals surface area contributed by atoms with Crippen molar-refractivity contribution in [3.63, 3.8) is 0 Å². The molecule has 0 aromatic heterocycles. The van der Waals surface area contributed by atoms with Gasteiger partial charge in [0.25, 0.3) is 0 Å². The summed E-state index contributed by atoms with van der Waals surface area (Å²) in [5.74, 6) is 0.449. The highest BCUT2D eigenvalue weighted by Gasteiger charge is 2.42. The van der Waals surface area contributed by atoms with Crippen molar-refractivity contribution in [3.8, 4) is 11.5 Å². The van der Waals surface area contributed by atoms with Crippen LogP contribution in [0.3, 0.4) is 0 Å². The van der Waals surface area contributed by atoms with Crippen LogP contribution in [0.4, 0.5) is 0 Å². The average Bonchev–Trinajstić information content (AvgIpc) is 2.64. The SMILES string of the molecule is COc1ccccc1OC1=COC2CC(OC(=O)C(C)C)CCC2C1=O. The third kappa shape index (κ3) is 3.84. The molecule has 0 N–H and O–H groups in total. The second kappa shape index (κ2) is 7.81. The molecule has 3 rings (SSSR count). The van der Waals surface area contributed by atoms with Crippen LogP contribution in [0.2, 0.25) is 0 Å². The van der Waals surface area contributed by atoms with E-state index in [1.165, 1.54) is 6.26 Å². The molecular weight excluding hydrogens is 336 g/mol. The molecule has 0 spiro atoms. The number of methoxy groups -OCH3 is 1. The second-order valence-corrected chi connectivity index (χ2v) is 6.91. The van der Waals surface area contributed by atoms with Gasteiger partial charge < -0.3 is 18.9 Å². The number of ether oxygens (including phenoxy) is 4. The summed E-state index contributed by atoms with van der Waals surface area (Å²) in [5.41, 5.74) is 0. The van der Waals surface area contributed by atoms with E-state index < -0.39 is 0 Å². The third-order valence-electron chi connectivity index (χ3n) is 4.72. The summed E-state index contributed by atoms with van der Waals surface area (Å²) in [6.07, 6.45) is 2.65. The van der Waals surface area contributed by atoms with Crippen molar-refractivity contribution in [1.82, 2.24) is 0 Å². The van der Waals surface area contributed by atoms with Crippen LogP contribution in [-0.4, -0.2) is 31.1 Å². The van der Waals surface area contributed by atoms with E-state index in [2.05, 4.69) is 0 Å². The Morgan fingerprint density at radius 2 is 1.92 bits per heavy atom. The monoisotopic (exact) mass is 360 g/mol. The second-order valence-electron chi connectivity index (χ2n) is 6.91. The lowest BCUT2D eigenvalue weighted by atomic mass is 9.80. The predicted molar refractivity (Wildman–Crippen MR) is 93.6 cm³/mol. The van der Waals surface area contributed by atoms with Crippen molar-refractivity contribution in [3.05, 3.63) is 36.3 Å². The molecule has 1 fully saturated rings. The van der Waals surface area contributed by atoms with E-state index >= 15 is 0 Å². The maximum atomic E-state index is 12.8. The van der Waals surface area contributed by atoms with E-state index in [1.807, 2.05) is 12.1 Å². The lowest BCUT2D eigenvalue weighted by Gasteiger charge is -2.37. The number of fused-ring (bicyclic) bond motifs is 1. The van der Waals surface area contributed by atoms with Crippen LogP contribution in [0.5, 0.6) is 11.5 Å². The summed E-state index contributed by atoms with van der Waals surface area (Å²) in [6, 6.07) is 7.14. The van der Waals surface area contributed by atoms with Gasteiger partial charge in [0.2, 0.25) is 11.5 Å². The van der Waals surface area contributed by atoms with Gasteiger partial charge in [-0.3, -0.25) is 9.59 Å². The van der Waals surface area contributed by atoms with Crippen LogP contribution in [0, 0.1) is 11.8 Å². The molecule has 0 amide bonds. The van der Waals surface area contributed by atoms with E-state index in [4.69, 9.17) is 18.9 Å². The number of ketones is 1. The molecule has 3 unspecified atom stereocenters. The Kier molecular flexibility index (Phi) is 5.49. The van der Waals surface area contributed by atoms with Crippen LogP contribution in [0.15, 0.2) is 36.3 Å². The van der Waals surface area contributed by atoms with Crippen LogP contribution >= 0.6 is 0 Å². The first-order valence-electron chi connectivity index (χ1n) is 8.90. The van der Waals surface area contributed by atoms with Gasteiger partial charge in [0.1, 0.15) is 18.5 Å². The van der Waals surface area contributed by atoms with Crippen molar-refractivity contribution in [2.45, 2.75) is 45.3 Å². The van der Waals surface area contributed by atoms with Gasteiger partial charge in [-0.25, -0.2) is 0 Å². The summed E-state index contributed by atoms with van der Waals surface area (Å²) in [7, 11) is 1.55. The molecule has 1 aromatic rings. The van der Waals surface area contributed by atoms with Crippen molar-refractivity contribution < 1.29 is 28.5 Å². The van der Waals surface area contributed by atoms with E-state index in [0.29, 0.717) is 30.8 Å². The van der Waals surface area contributed by atoms with Gasteiger partial charge in [0.15, 0.2) is 11.5 Å². The van der Waals surface area contributed by atoms with Crippen molar-refractivity contribution in [2.75, 3.05) is 7.11 Å².